The molecule has 0 aliphatic heterocycles. The van der Waals surface area contributed by atoms with Gasteiger partial charge in [-0.25, -0.2) is 4.79 Å². The summed E-state index contributed by atoms with van der Waals surface area (Å²) in [5.41, 5.74) is 3.46. The maximum absolute atomic E-state index is 12.3. The lowest BCUT2D eigenvalue weighted by Gasteiger charge is -2.12. The zero-order chi connectivity index (χ0) is 19.5. The topological polar surface area (TPSA) is 72.2 Å². The van der Waals surface area contributed by atoms with Crippen LogP contribution in [0.4, 0.5) is 0 Å². The molecule has 0 aliphatic carbocycles. The van der Waals surface area contributed by atoms with Crippen molar-refractivity contribution in [3.8, 4) is 11.1 Å². The van der Waals surface area contributed by atoms with Crippen LogP contribution in [0.5, 0.6) is 0 Å². The maximum atomic E-state index is 12.3. The first-order chi connectivity index (χ1) is 13.6. The minimum Gasteiger partial charge on any atom is -0.477 e. The fraction of sp³-hybridized carbons (Fsp3) is 0.0870. The molecule has 28 heavy (non-hydrogen) atoms. The lowest BCUT2D eigenvalue weighted by Crippen LogP contribution is -2.20. The SMILES string of the molecule is O=C(O)c1cn(CCc2ccc(-c3ccccc3)cc2)c2cccnc2c1=O. The molecule has 4 rings (SSSR count). The quantitative estimate of drug-likeness (QED) is 0.576. The van der Waals surface area contributed by atoms with Gasteiger partial charge in [-0.15, -0.1) is 0 Å². The zero-order valence-corrected chi connectivity index (χ0v) is 15.1. The molecule has 2 aromatic heterocycles. The van der Waals surface area contributed by atoms with Gasteiger partial charge < -0.3 is 9.67 Å². The third kappa shape index (κ3) is 3.42. The summed E-state index contributed by atoms with van der Waals surface area (Å²) >= 11 is 0. The number of carboxylic acid groups (broad SMARTS) is 1. The number of carboxylic acids is 1. The maximum Gasteiger partial charge on any atom is 0.341 e. The van der Waals surface area contributed by atoms with Gasteiger partial charge in [0.15, 0.2) is 0 Å². The van der Waals surface area contributed by atoms with Gasteiger partial charge in [0.25, 0.3) is 0 Å². The minimum atomic E-state index is -1.24. The Morgan fingerprint density at radius 2 is 1.64 bits per heavy atom. The fourth-order valence-corrected chi connectivity index (χ4v) is 3.30. The van der Waals surface area contributed by atoms with Gasteiger partial charge in [-0.2, -0.15) is 0 Å². The number of fused-ring (bicyclic) bond motifs is 1. The number of aromatic carboxylic acids is 1. The average molecular weight is 370 g/mol. The van der Waals surface area contributed by atoms with Crippen LogP contribution in [-0.2, 0) is 13.0 Å². The van der Waals surface area contributed by atoms with Gasteiger partial charge in [0.1, 0.15) is 11.1 Å². The van der Waals surface area contributed by atoms with E-state index in [0.717, 1.165) is 16.7 Å². The van der Waals surface area contributed by atoms with E-state index in [-0.39, 0.29) is 11.1 Å². The van der Waals surface area contributed by atoms with Gasteiger partial charge >= 0.3 is 5.97 Å². The van der Waals surface area contributed by atoms with Crippen LogP contribution in [0.3, 0.4) is 0 Å². The summed E-state index contributed by atoms with van der Waals surface area (Å²) in [6.07, 6.45) is 3.62. The normalized spacial score (nSPS) is 10.9. The van der Waals surface area contributed by atoms with Gasteiger partial charge in [-0.05, 0) is 35.2 Å². The zero-order valence-electron chi connectivity index (χ0n) is 15.1. The Kier molecular flexibility index (Phi) is 4.72. The first-order valence-electron chi connectivity index (χ1n) is 8.99. The molecule has 0 saturated carbocycles. The van der Waals surface area contributed by atoms with Crippen molar-refractivity contribution in [2.45, 2.75) is 13.0 Å². The second kappa shape index (κ2) is 7.48. The smallest absolute Gasteiger partial charge is 0.341 e. The summed E-state index contributed by atoms with van der Waals surface area (Å²) in [5.74, 6) is -1.24. The number of hydrogen-bond donors (Lipinski definition) is 1. The average Bonchev–Trinajstić information content (AvgIpc) is 2.74. The van der Waals surface area contributed by atoms with Crippen molar-refractivity contribution in [3.05, 3.63) is 100 Å². The van der Waals surface area contributed by atoms with E-state index in [1.54, 1.807) is 16.7 Å². The second-order valence-electron chi connectivity index (χ2n) is 6.55. The van der Waals surface area contributed by atoms with Crippen molar-refractivity contribution in [2.75, 3.05) is 0 Å². The molecule has 138 valence electrons. The minimum absolute atomic E-state index is 0.182. The van der Waals surface area contributed by atoms with Crippen molar-refractivity contribution < 1.29 is 9.90 Å². The molecule has 0 unspecified atom stereocenters. The molecule has 5 nitrogen and oxygen atoms in total. The molecule has 0 atom stereocenters. The van der Waals surface area contributed by atoms with Crippen molar-refractivity contribution in [1.82, 2.24) is 9.55 Å². The highest BCUT2D eigenvalue weighted by Crippen LogP contribution is 2.20. The summed E-state index contributed by atoms with van der Waals surface area (Å²) < 4.78 is 1.79. The predicted molar refractivity (Wildman–Crippen MR) is 109 cm³/mol. The van der Waals surface area contributed by atoms with Crippen molar-refractivity contribution in [3.63, 3.8) is 0 Å². The van der Waals surface area contributed by atoms with Gasteiger partial charge in [-0.1, -0.05) is 54.6 Å². The molecule has 0 aliphatic rings. The molecule has 5 heteroatoms. The van der Waals surface area contributed by atoms with E-state index in [1.807, 2.05) is 18.2 Å². The molecule has 1 N–H and O–H groups in total. The molecule has 0 radical (unpaired) electrons. The summed E-state index contributed by atoms with van der Waals surface area (Å²) in [7, 11) is 0. The van der Waals surface area contributed by atoms with E-state index in [2.05, 4.69) is 41.4 Å². The lowest BCUT2D eigenvalue weighted by atomic mass is 10.0. The summed E-state index contributed by atoms with van der Waals surface area (Å²) in [4.78, 5) is 27.8. The number of aromatic nitrogens is 2. The summed E-state index contributed by atoms with van der Waals surface area (Å²) in [6.45, 7) is 0.549. The molecule has 0 bridgehead atoms. The Morgan fingerprint density at radius 3 is 2.36 bits per heavy atom. The van der Waals surface area contributed by atoms with Crippen molar-refractivity contribution >= 4 is 17.0 Å². The van der Waals surface area contributed by atoms with Crippen LogP contribution in [0, 0.1) is 0 Å². The lowest BCUT2D eigenvalue weighted by molar-refractivity contribution is 0.0695. The van der Waals surface area contributed by atoms with Crippen LogP contribution in [0.15, 0.2) is 83.9 Å². The monoisotopic (exact) mass is 370 g/mol. The largest absolute Gasteiger partial charge is 0.477 e. The first-order valence-corrected chi connectivity index (χ1v) is 8.99. The van der Waals surface area contributed by atoms with E-state index < -0.39 is 11.4 Å². The molecule has 2 heterocycles. The fourth-order valence-electron chi connectivity index (χ4n) is 3.30. The van der Waals surface area contributed by atoms with Gasteiger partial charge in [-0.3, -0.25) is 9.78 Å². The van der Waals surface area contributed by atoms with E-state index >= 15 is 0 Å². The molecule has 0 amide bonds. The summed E-state index contributed by atoms with van der Waals surface area (Å²) in [5, 5.41) is 9.33. The number of pyridine rings is 2. The van der Waals surface area contributed by atoms with Crippen LogP contribution in [0.1, 0.15) is 15.9 Å². The van der Waals surface area contributed by atoms with Crippen LogP contribution < -0.4 is 5.43 Å². The Labute approximate surface area is 161 Å². The first kappa shape index (κ1) is 17.7. The highest BCUT2D eigenvalue weighted by Gasteiger charge is 2.15. The predicted octanol–water partition coefficient (Wildman–Crippen LogP) is 4.00. The Morgan fingerprint density at radius 1 is 0.929 bits per heavy atom. The standard InChI is InChI=1S/C23H18N2O3/c26-22-19(23(27)28)15-25(20-7-4-13-24-21(20)22)14-12-16-8-10-18(11-9-16)17-5-2-1-3-6-17/h1-11,13,15H,12,14H2,(H,27,28). The van der Waals surface area contributed by atoms with Crippen LogP contribution in [0.2, 0.25) is 0 Å². The third-order valence-corrected chi connectivity index (χ3v) is 4.77. The molecule has 2 aromatic carbocycles. The molecule has 4 aromatic rings. The van der Waals surface area contributed by atoms with Gasteiger partial charge in [0, 0.05) is 18.9 Å². The molecule has 0 saturated heterocycles. The van der Waals surface area contributed by atoms with Crippen LogP contribution >= 0.6 is 0 Å². The number of carbonyl (C=O) groups is 1. The van der Waals surface area contributed by atoms with E-state index in [0.29, 0.717) is 18.5 Å². The summed E-state index contributed by atoms with van der Waals surface area (Å²) in [6, 6.07) is 22.0. The Hall–Kier alpha value is -3.73. The van der Waals surface area contributed by atoms with E-state index in [1.165, 1.54) is 12.4 Å². The number of nitrogens with zero attached hydrogens (tertiary/aromatic N) is 2. The number of benzene rings is 2. The Bertz CT molecular complexity index is 1200. The van der Waals surface area contributed by atoms with Crippen LogP contribution in [-0.4, -0.2) is 20.6 Å². The highest BCUT2D eigenvalue weighted by atomic mass is 16.4. The van der Waals surface area contributed by atoms with E-state index in [9.17, 15) is 14.7 Å². The van der Waals surface area contributed by atoms with Crippen molar-refractivity contribution in [2.24, 2.45) is 0 Å². The van der Waals surface area contributed by atoms with E-state index in [4.69, 9.17) is 0 Å². The number of rotatable bonds is 5. The second-order valence-corrected chi connectivity index (χ2v) is 6.55. The molecule has 0 spiro atoms. The molecular weight excluding hydrogens is 352 g/mol. The van der Waals surface area contributed by atoms with Gasteiger partial charge in [0.05, 0.1) is 5.52 Å². The Balaban J connectivity index is 1.61. The van der Waals surface area contributed by atoms with Gasteiger partial charge in [0.2, 0.25) is 5.43 Å². The number of hydrogen-bond acceptors (Lipinski definition) is 3. The third-order valence-electron chi connectivity index (χ3n) is 4.77. The number of aryl methyl sites for hydroxylation is 2. The van der Waals surface area contributed by atoms with Crippen LogP contribution in [0.25, 0.3) is 22.2 Å². The highest BCUT2D eigenvalue weighted by molar-refractivity contribution is 5.91. The van der Waals surface area contributed by atoms with Crippen molar-refractivity contribution in [1.29, 1.82) is 0 Å². The molecular formula is C23H18N2O3. The molecule has 0 fully saturated rings.